The molecule has 0 aliphatic heterocycles. The summed E-state index contributed by atoms with van der Waals surface area (Å²) in [5.41, 5.74) is 0. The number of methoxy groups -OCH3 is 1. The molecule has 0 radical (unpaired) electrons. The zero-order chi connectivity index (χ0) is 12.9. The fourth-order valence-corrected chi connectivity index (χ4v) is 1.78. The zero-order valence-corrected chi connectivity index (χ0v) is 9.76. The molecule has 1 aromatic carbocycles. The summed E-state index contributed by atoms with van der Waals surface area (Å²) in [4.78, 5) is 5.92. The quantitative estimate of drug-likeness (QED) is 0.612. The topological polar surface area (TPSA) is 64.6 Å². The summed E-state index contributed by atoms with van der Waals surface area (Å²) in [6.07, 6.45) is 0. The van der Waals surface area contributed by atoms with Gasteiger partial charge in [0.1, 0.15) is 0 Å². The molecule has 8 heteroatoms. The lowest BCUT2D eigenvalue weighted by Gasteiger charge is -2.06. The lowest BCUT2D eigenvalue weighted by Crippen LogP contribution is -2.25. The third kappa shape index (κ3) is 4.00. The Labute approximate surface area is 97.3 Å². The molecule has 96 valence electrons. The first-order chi connectivity index (χ1) is 7.97. The SMILES string of the molecule is COCCONS(=O)(=O)c1ccc(F)c(F)c1. The van der Waals surface area contributed by atoms with Crippen LogP contribution < -0.4 is 4.89 Å². The van der Waals surface area contributed by atoms with Crippen LogP contribution in [-0.4, -0.2) is 28.7 Å². The second kappa shape index (κ2) is 6.01. The van der Waals surface area contributed by atoms with Gasteiger partial charge in [-0.25, -0.2) is 17.2 Å². The third-order valence-corrected chi connectivity index (χ3v) is 2.97. The molecule has 0 heterocycles. The summed E-state index contributed by atoms with van der Waals surface area (Å²) in [7, 11) is -2.59. The molecule has 1 N–H and O–H groups in total. The van der Waals surface area contributed by atoms with Gasteiger partial charge < -0.3 is 4.74 Å². The zero-order valence-electron chi connectivity index (χ0n) is 8.94. The molecule has 0 unspecified atom stereocenters. The Morgan fingerprint density at radius 3 is 2.53 bits per heavy atom. The Kier molecular flexibility index (Phi) is 4.94. The molecule has 0 aromatic heterocycles. The highest BCUT2D eigenvalue weighted by atomic mass is 32.2. The van der Waals surface area contributed by atoms with Crippen LogP contribution in [0.15, 0.2) is 23.1 Å². The van der Waals surface area contributed by atoms with Crippen LogP contribution in [0.3, 0.4) is 0 Å². The van der Waals surface area contributed by atoms with Crippen LogP contribution >= 0.6 is 0 Å². The highest BCUT2D eigenvalue weighted by Crippen LogP contribution is 2.13. The maximum absolute atomic E-state index is 12.8. The van der Waals surface area contributed by atoms with Crippen molar-refractivity contribution < 1.29 is 26.8 Å². The van der Waals surface area contributed by atoms with Gasteiger partial charge in [0.25, 0.3) is 10.0 Å². The van der Waals surface area contributed by atoms with Gasteiger partial charge in [0.05, 0.1) is 18.1 Å². The standard InChI is InChI=1S/C9H11F2NO4S/c1-15-4-5-16-12-17(13,14)7-2-3-8(10)9(11)6-7/h2-3,6,12H,4-5H2,1H3. The Hall–Kier alpha value is -1.09. The van der Waals surface area contributed by atoms with E-state index in [-0.39, 0.29) is 13.2 Å². The van der Waals surface area contributed by atoms with Gasteiger partial charge in [-0.2, -0.15) is 0 Å². The van der Waals surface area contributed by atoms with Crippen LogP contribution in [0.4, 0.5) is 8.78 Å². The lowest BCUT2D eigenvalue weighted by atomic mass is 10.3. The van der Waals surface area contributed by atoms with Crippen molar-refractivity contribution in [2.24, 2.45) is 0 Å². The molecular formula is C9H11F2NO4S. The molecule has 0 aliphatic rings. The van der Waals surface area contributed by atoms with Crippen LogP contribution in [0.2, 0.25) is 0 Å². The molecule has 1 aromatic rings. The average molecular weight is 267 g/mol. The molecule has 1 rings (SSSR count). The number of hydrogen-bond acceptors (Lipinski definition) is 4. The molecule has 5 nitrogen and oxygen atoms in total. The minimum atomic E-state index is -4.01. The molecule has 0 aliphatic carbocycles. The van der Waals surface area contributed by atoms with Crippen LogP contribution in [0.5, 0.6) is 0 Å². The van der Waals surface area contributed by atoms with E-state index in [0.717, 1.165) is 12.1 Å². The van der Waals surface area contributed by atoms with Crippen molar-refractivity contribution in [3.8, 4) is 0 Å². The van der Waals surface area contributed by atoms with Crippen molar-refractivity contribution in [2.45, 2.75) is 4.90 Å². The van der Waals surface area contributed by atoms with Gasteiger partial charge in [-0.05, 0) is 18.2 Å². The predicted molar refractivity (Wildman–Crippen MR) is 54.5 cm³/mol. The Bertz CT molecular complexity index is 478. The van der Waals surface area contributed by atoms with E-state index in [1.165, 1.54) is 7.11 Å². The highest BCUT2D eigenvalue weighted by Gasteiger charge is 2.16. The first-order valence-electron chi connectivity index (χ1n) is 4.55. The third-order valence-electron chi connectivity index (χ3n) is 1.76. The molecular weight excluding hydrogens is 256 g/mol. The van der Waals surface area contributed by atoms with E-state index < -0.39 is 26.6 Å². The van der Waals surface area contributed by atoms with Gasteiger partial charge in [0.15, 0.2) is 11.6 Å². The van der Waals surface area contributed by atoms with Crippen LogP contribution in [0, 0.1) is 11.6 Å². The van der Waals surface area contributed by atoms with Gasteiger partial charge >= 0.3 is 0 Å². The monoisotopic (exact) mass is 267 g/mol. The molecule has 0 amide bonds. The fraction of sp³-hybridized carbons (Fsp3) is 0.333. The summed E-state index contributed by atoms with van der Waals surface area (Å²) in [6, 6.07) is 2.22. The molecule has 0 spiro atoms. The number of hydrogen-bond donors (Lipinski definition) is 1. The molecule has 17 heavy (non-hydrogen) atoms. The first-order valence-corrected chi connectivity index (χ1v) is 6.03. The van der Waals surface area contributed by atoms with Crippen molar-refractivity contribution in [2.75, 3.05) is 20.3 Å². The largest absolute Gasteiger partial charge is 0.382 e. The molecule has 0 fully saturated rings. The Balaban J connectivity index is 2.72. The van der Waals surface area contributed by atoms with Gasteiger partial charge in [0.2, 0.25) is 0 Å². The van der Waals surface area contributed by atoms with Crippen molar-refractivity contribution >= 4 is 10.0 Å². The van der Waals surface area contributed by atoms with E-state index >= 15 is 0 Å². The summed E-state index contributed by atoms with van der Waals surface area (Å²) in [5, 5.41) is 0. The number of benzene rings is 1. The van der Waals surface area contributed by atoms with E-state index in [9.17, 15) is 17.2 Å². The molecule has 0 saturated carbocycles. The van der Waals surface area contributed by atoms with Crippen LogP contribution in [0.25, 0.3) is 0 Å². The van der Waals surface area contributed by atoms with Gasteiger partial charge in [-0.1, -0.05) is 4.89 Å². The molecule has 0 bridgehead atoms. The van der Waals surface area contributed by atoms with E-state index in [2.05, 4.69) is 9.57 Å². The number of nitrogens with one attached hydrogen (secondary N) is 1. The van der Waals surface area contributed by atoms with E-state index in [1.807, 2.05) is 0 Å². The first kappa shape index (κ1) is 14.0. The van der Waals surface area contributed by atoms with Gasteiger partial charge in [0, 0.05) is 7.11 Å². The number of sulfonamides is 1. The highest BCUT2D eigenvalue weighted by molar-refractivity contribution is 7.89. The van der Waals surface area contributed by atoms with Crippen LogP contribution in [-0.2, 0) is 19.6 Å². The predicted octanol–water partition coefficient (Wildman–Crippen LogP) is 0.821. The molecule has 0 saturated heterocycles. The molecule has 0 atom stereocenters. The summed E-state index contributed by atoms with van der Waals surface area (Å²) >= 11 is 0. The number of ether oxygens (including phenoxy) is 1. The number of rotatable bonds is 6. The van der Waals surface area contributed by atoms with Crippen molar-refractivity contribution in [1.82, 2.24) is 4.89 Å². The maximum atomic E-state index is 12.8. The fourth-order valence-electron chi connectivity index (χ4n) is 0.936. The maximum Gasteiger partial charge on any atom is 0.262 e. The van der Waals surface area contributed by atoms with Gasteiger partial charge in [-0.15, -0.1) is 0 Å². The second-order valence-corrected chi connectivity index (χ2v) is 4.65. The minimum absolute atomic E-state index is 0.000588. The number of halogens is 2. The Morgan fingerprint density at radius 2 is 1.94 bits per heavy atom. The van der Waals surface area contributed by atoms with Crippen LogP contribution in [0.1, 0.15) is 0 Å². The minimum Gasteiger partial charge on any atom is -0.382 e. The Morgan fingerprint density at radius 1 is 1.24 bits per heavy atom. The van der Waals surface area contributed by atoms with Crippen molar-refractivity contribution in [3.05, 3.63) is 29.8 Å². The average Bonchev–Trinajstić information content (AvgIpc) is 2.28. The lowest BCUT2D eigenvalue weighted by molar-refractivity contribution is 0.0438. The van der Waals surface area contributed by atoms with Crippen molar-refractivity contribution in [1.29, 1.82) is 0 Å². The smallest absolute Gasteiger partial charge is 0.262 e. The summed E-state index contributed by atoms with van der Waals surface area (Å²) in [5.74, 6) is -2.37. The summed E-state index contributed by atoms with van der Waals surface area (Å²) in [6.45, 7) is 0.194. The normalized spacial score (nSPS) is 11.7. The second-order valence-electron chi connectivity index (χ2n) is 3.00. The van der Waals surface area contributed by atoms with E-state index in [1.54, 1.807) is 4.89 Å². The van der Waals surface area contributed by atoms with Gasteiger partial charge in [-0.3, -0.25) is 4.84 Å². The van der Waals surface area contributed by atoms with Crippen molar-refractivity contribution in [3.63, 3.8) is 0 Å². The summed E-state index contributed by atoms with van der Waals surface area (Å²) < 4.78 is 53.0. The van der Waals surface area contributed by atoms with E-state index in [4.69, 9.17) is 0 Å². The van der Waals surface area contributed by atoms with E-state index in [0.29, 0.717) is 6.07 Å².